The summed E-state index contributed by atoms with van der Waals surface area (Å²) in [6.45, 7) is 12.6. The second-order valence-corrected chi connectivity index (χ2v) is 13.6. The molecule has 0 radical (unpaired) electrons. The molecule has 14 nitrogen and oxygen atoms in total. The number of carbonyl (C=O) groups is 6. The van der Waals surface area contributed by atoms with Gasteiger partial charge in [0.2, 0.25) is 5.78 Å². The lowest BCUT2D eigenvalue weighted by Crippen LogP contribution is -2.47. The van der Waals surface area contributed by atoms with E-state index in [1.807, 2.05) is 0 Å². The molecule has 0 saturated carbocycles. The summed E-state index contributed by atoms with van der Waals surface area (Å²) in [6, 6.07) is 0. The van der Waals surface area contributed by atoms with Gasteiger partial charge in [-0.3, -0.25) is 28.8 Å². The normalized spacial score (nSPS) is 31.2. The van der Waals surface area contributed by atoms with Gasteiger partial charge in [0.25, 0.3) is 18.2 Å². The molecule has 1 aliphatic carbocycles. The van der Waals surface area contributed by atoms with Gasteiger partial charge >= 0.3 is 11.8 Å². The lowest BCUT2D eigenvalue weighted by Gasteiger charge is -2.38. The Morgan fingerprint density at radius 3 is 2.25 bits per heavy atom. The van der Waals surface area contributed by atoms with Crippen molar-refractivity contribution in [3.8, 4) is 11.5 Å². The first-order chi connectivity index (χ1) is 24.4. The number of amides is 1. The molecular weight excluding hydrogens is 678 g/mol. The number of aliphatic hydroxyl groups is 1. The molecule has 1 aromatic carbocycles. The van der Waals surface area contributed by atoms with E-state index >= 15 is 0 Å². The average molecular weight is 724 g/mol. The number of rotatable bonds is 4. The van der Waals surface area contributed by atoms with E-state index in [1.165, 1.54) is 47.0 Å². The number of ether oxygens (including phenoxy) is 5. The van der Waals surface area contributed by atoms with Crippen LogP contribution in [0.15, 0.2) is 47.9 Å². The van der Waals surface area contributed by atoms with Crippen LogP contribution < -0.4 is 10.1 Å². The topological polar surface area (TPSA) is 201 Å². The van der Waals surface area contributed by atoms with Crippen LogP contribution >= 0.6 is 0 Å². The average Bonchev–Trinajstić information content (AvgIpc) is 3.36. The molecule has 0 saturated heterocycles. The molecule has 3 N–H and O–H groups in total. The number of ketones is 3. The van der Waals surface area contributed by atoms with Crippen molar-refractivity contribution < 1.29 is 62.7 Å². The summed E-state index contributed by atoms with van der Waals surface area (Å²) in [7, 11) is 1.41. The maximum absolute atomic E-state index is 13.9. The van der Waals surface area contributed by atoms with Crippen LogP contribution in [0.5, 0.6) is 11.5 Å². The molecule has 14 heteroatoms. The lowest BCUT2D eigenvalue weighted by molar-refractivity contribution is -0.162. The van der Waals surface area contributed by atoms with Crippen LogP contribution in [0.3, 0.4) is 0 Å². The minimum atomic E-state index is -2.05. The summed E-state index contributed by atoms with van der Waals surface area (Å²) in [5.41, 5.74) is -1.39. The molecule has 0 fully saturated rings. The number of fused-ring (bicyclic) bond motifs is 14. The second-order valence-electron chi connectivity index (χ2n) is 13.6. The highest BCUT2D eigenvalue weighted by molar-refractivity contribution is 6.30. The van der Waals surface area contributed by atoms with E-state index in [9.17, 15) is 39.0 Å². The zero-order chi connectivity index (χ0) is 38.8. The summed E-state index contributed by atoms with van der Waals surface area (Å²) in [5, 5.41) is 25.1. The number of phenolic OH excluding ortho intramolecular Hbond substituents is 1. The van der Waals surface area contributed by atoms with Crippen LogP contribution in [0, 0.1) is 30.6 Å². The highest BCUT2D eigenvalue weighted by Crippen LogP contribution is 2.48. The molecule has 0 unspecified atom stereocenters. The zero-order valence-corrected chi connectivity index (χ0v) is 30.5. The number of hydrogen-bond acceptors (Lipinski definition) is 13. The minimum Gasteiger partial charge on any atom is -0.507 e. The molecule has 280 valence electrons. The van der Waals surface area contributed by atoms with Gasteiger partial charge in [-0.05, 0) is 19.9 Å². The molecular formula is C38H45NO13. The summed E-state index contributed by atoms with van der Waals surface area (Å²) in [6.07, 6.45) is 4.40. The van der Waals surface area contributed by atoms with Gasteiger partial charge in [0.05, 0.1) is 40.9 Å². The molecule has 4 aliphatic rings. The first-order valence-corrected chi connectivity index (χ1v) is 16.8. The maximum atomic E-state index is 13.9. The molecule has 3 heterocycles. The Hall–Kier alpha value is -5.08. The van der Waals surface area contributed by atoms with Gasteiger partial charge in [0.1, 0.15) is 23.7 Å². The van der Waals surface area contributed by atoms with Crippen LogP contribution in [0.2, 0.25) is 0 Å². The van der Waals surface area contributed by atoms with Crippen molar-refractivity contribution in [2.45, 2.75) is 85.6 Å². The predicted molar refractivity (Wildman–Crippen MR) is 184 cm³/mol. The number of phenols is 1. The summed E-state index contributed by atoms with van der Waals surface area (Å²) < 4.78 is 28.6. The van der Waals surface area contributed by atoms with Crippen molar-refractivity contribution in [3.05, 3.63) is 70.2 Å². The molecule has 3 aliphatic heterocycles. The van der Waals surface area contributed by atoms with E-state index in [-0.39, 0.29) is 34.5 Å². The Kier molecular flexibility index (Phi) is 12.0. The van der Waals surface area contributed by atoms with Gasteiger partial charge in [-0.15, -0.1) is 0 Å². The SMILES string of the molecule is CO[C@@H]1C=CO[C@@]2(C)Oc3c(C)c(O)c4c(c3C2=O)C(=O)C=C(NC(=O)C(C)=CC=C[C@H](C)[C@H](OC=O)[C@H](C)[C@H](O)[C@H](C)[C@H](OC(C)=O)[C@H]1C)C4=O. The number of methoxy groups -OCH3 is 1. The molecule has 5 rings (SSSR count). The quantitative estimate of drug-likeness (QED) is 0.299. The number of benzene rings is 1. The van der Waals surface area contributed by atoms with E-state index < -0.39 is 100 Å². The maximum Gasteiger partial charge on any atom is 0.312 e. The molecule has 5 bridgehead atoms. The van der Waals surface area contributed by atoms with E-state index in [4.69, 9.17) is 23.7 Å². The molecule has 52 heavy (non-hydrogen) atoms. The largest absolute Gasteiger partial charge is 0.507 e. The van der Waals surface area contributed by atoms with Crippen molar-refractivity contribution >= 4 is 35.7 Å². The molecule has 0 spiro atoms. The summed E-state index contributed by atoms with van der Waals surface area (Å²) >= 11 is 0. The third-order valence-corrected chi connectivity index (χ3v) is 9.97. The van der Waals surface area contributed by atoms with Gasteiger partial charge in [0, 0.05) is 61.8 Å². The molecule has 1 aromatic rings. The van der Waals surface area contributed by atoms with E-state index in [2.05, 4.69) is 5.32 Å². The van der Waals surface area contributed by atoms with E-state index in [1.54, 1.807) is 39.8 Å². The Labute approximate surface area is 301 Å². The first kappa shape index (κ1) is 39.7. The van der Waals surface area contributed by atoms with Gasteiger partial charge in [-0.1, -0.05) is 45.9 Å². The van der Waals surface area contributed by atoms with Gasteiger partial charge in [-0.25, -0.2) is 0 Å². The van der Waals surface area contributed by atoms with Crippen molar-refractivity contribution in [2.75, 3.05) is 7.11 Å². The molecule has 1 amide bonds. The number of esters is 1. The third kappa shape index (κ3) is 7.44. The van der Waals surface area contributed by atoms with E-state index in [0.29, 0.717) is 0 Å². The van der Waals surface area contributed by atoms with Gasteiger partial charge < -0.3 is 39.2 Å². The van der Waals surface area contributed by atoms with Crippen LogP contribution in [0.1, 0.15) is 85.1 Å². The van der Waals surface area contributed by atoms with Crippen molar-refractivity contribution in [2.24, 2.45) is 23.7 Å². The third-order valence-electron chi connectivity index (χ3n) is 9.97. The van der Waals surface area contributed by atoms with Crippen molar-refractivity contribution in [1.29, 1.82) is 0 Å². The second kappa shape index (κ2) is 15.7. The zero-order valence-electron chi connectivity index (χ0n) is 30.5. The van der Waals surface area contributed by atoms with Crippen molar-refractivity contribution in [3.63, 3.8) is 0 Å². The number of Topliss-reactive ketones (excluding diaryl/α,β-unsaturated/α-hetero) is 2. The fraction of sp³-hybridized carbons (Fsp3) is 0.474. The van der Waals surface area contributed by atoms with Gasteiger partial charge in [-0.2, -0.15) is 0 Å². The lowest BCUT2D eigenvalue weighted by atomic mass is 9.78. The van der Waals surface area contributed by atoms with Crippen LogP contribution in [-0.4, -0.2) is 83.2 Å². The Balaban J connectivity index is 1.85. The minimum absolute atomic E-state index is 0.000707. The van der Waals surface area contributed by atoms with Crippen LogP contribution in [-0.2, 0) is 33.3 Å². The number of nitrogens with one attached hydrogen (secondary N) is 1. The number of hydrogen-bond donors (Lipinski definition) is 3. The first-order valence-electron chi connectivity index (χ1n) is 16.8. The predicted octanol–water partition coefficient (Wildman–Crippen LogP) is 3.81. The summed E-state index contributed by atoms with van der Waals surface area (Å²) in [5.74, 6) is -9.14. The number of carbonyl (C=O) groups excluding carboxylic acids is 6. The highest BCUT2D eigenvalue weighted by Gasteiger charge is 2.51. The Bertz CT molecular complexity index is 1790. The smallest absolute Gasteiger partial charge is 0.312 e. The Morgan fingerprint density at radius 1 is 0.981 bits per heavy atom. The number of aliphatic hydroxyl groups excluding tert-OH is 1. The van der Waals surface area contributed by atoms with E-state index in [0.717, 1.165) is 12.3 Å². The number of aromatic hydroxyl groups is 1. The van der Waals surface area contributed by atoms with Crippen molar-refractivity contribution in [1.82, 2.24) is 5.32 Å². The molecule has 9 atom stereocenters. The van der Waals surface area contributed by atoms with Crippen LogP contribution in [0.25, 0.3) is 0 Å². The standard InChI is InChI=1S/C38H45NO13/c1-17-11-10-12-18(2)37(47)39-24-15-25(42)27-28(32(24)45)31(44)22(6)35-29(27)36(46)38(8,52-35)50-14-13-26(48-9)19(3)34(51-23(7)41)21(5)30(43)20(4)33(17)49-16-40/h10-17,19-21,26,30,33-34,43-44H,1-9H3,(H,39,47)/t17-,19-,20+,21-,26+,30-,33-,34+,38-/m0/s1. The monoisotopic (exact) mass is 723 g/mol. The van der Waals surface area contributed by atoms with Crippen LogP contribution in [0.4, 0.5) is 0 Å². The molecule has 0 aromatic heterocycles. The fourth-order valence-corrected chi connectivity index (χ4v) is 6.92. The fourth-order valence-electron chi connectivity index (χ4n) is 6.92. The highest BCUT2D eigenvalue weighted by atomic mass is 16.7. The number of allylic oxidation sites excluding steroid dienone is 4. The van der Waals surface area contributed by atoms with Gasteiger partial charge in [0.15, 0.2) is 5.78 Å². The Morgan fingerprint density at radius 2 is 1.63 bits per heavy atom. The summed E-state index contributed by atoms with van der Waals surface area (Å²) in [4.78, 5) is 78.1.